The number of nitrogens with zero attached hydrogens (tertiary/aromatic N) is 2. The Hall–Kier alpha value is -2.61. The minimum Gasteiger partial charge on any atom is -0.497 e. The second-order valence-electron chi connectivity index (χ2n) is 9.04. The molecule has 2 heterocycles. The second-order valence-corrected chi connectivity index (χ2v) is 10.9. The van der Waals surface area contributed by atoms with Gasteiger partial charge in [0.1, 0.15) is 10.6 Å². The highest BCUT2D eigenvalue weighted by molar-refractivity contribution is 7.21. The molecule has 192 valence electrons. The summed E-state index contributed by atoms with van der Waals surface area (Å²) in [5, 5.41) is 2.19. The van der Waals surface area contributed by atoms with E-state index in [0.29, 0.717) is 41.2 Å². The molecular formula is C29H28Cl2N2O3S. The molecule has 5 nitrogen and oxygen atoms in total. The summed E-state index contributed by atoms with van der Waals surface area (Å²) in [6, 6.07) is 23.6. The molecule has 0 unspecified atom stereocenters. The van der Waals surface area contributed by atoms with Crippen molar-refractivity contribution >= 4 is 50.5 Å². The van der Waals surface area contributed by atoms with Gasteiger partial charge in [0.15, 0.2) is 0 Å². The average molecular weight is 556 g/mol. The number of methoxy groups -OCH3 is 1. The van der Waals surface area contributed by atoms with E-state index < -0.39 is 0 Å². The van der Waals surface area contributed by atoms with Gasteiger partial charge in [-0.2, -0.15) is 0 Å². The molecule has 0 radical (unpaired) electrons. The number of amides is 1. The number of carbonyl (C=O) groups is 1. The first-order valence-electron chi connectivity index (χ1n) is 12.2. The van der Waals surface area contributed by atoms with Crippen LogP contribution in [0.1, 0.15) is 26.9 Å². The highest BCUT2D eigenvalue weighted by Crippen LogP contribution is 2.36. The summed E-state index contributed by atoms with van der Waals surface area (Å²) in [7, 11) is 1.67. The van der Waals surface area contributed by atoms with Crippen LogP contribution in [0.2, 0.25) is 10.0 Å². The first kappa shape index (κ1) is 26.0. The number of benzene rings is 3. The first-order valence-corrected chi connectivity index (χ1v) is 13.8. The van der Waals surface area contributed by atoms with Gasteiger partial charge in [-0.1, -0.05) is 65.7 Å². The van der Waals surface area contributed by atoms with Crippen molar-refractivity contribution in [3.05, 3.63) is 98.8 Å². The van der Waals surface area contributed by atoms with Crippen LogP contribution in [-0.4, -0.2) is 55.5 Å². The van der Waals surface area contributed by atoms with Gasteiger partial charge in [0.05, 0.1) is 24.8 Å². The third-order valence-corrected chi connectivity index (χ3v) is 8.52. The molecule has 1 aliphatic rings. The number of hydrogen-bond donors (Lipinski definition) is 0. The van der Waals surface area contributed by atoms with Crippen molar-refractivity contribution in [2.45, 2.75) is 12.7 Å². The van der Waals surface area contributed by atoms with Gasteiger partial charge in [0, 0.05) is 47.8 Å². The molecule has 1 amide bonds. The predicted octanol–water partition coefficient (Wildman–Crippen LogP) is 6.93. The molecule has 0 aliphatic carbocycles. The van der Waals surface area contributed by atoms with E-state index in [1.54, 1.807) is 7.11 Å². The smallest absolute Gasteiger partial charge is 0.265 e. The number of thiophene rings is 1. The molecular weight excluding hydrogens is 527 g/mol. The molecule has 8 heteroatoms. The SMILES string of the molecule is COc1cccc([C@@H](CN2CCN(C(=O)c3sc4ccccc4c3Cl)CC2)OCc2cccc(Cl)c2)c1. The van der Waals surface area contributed by atoms with Gasteiger partial charge in [0.25, 0.3) is 5.91 Å². The number of hydrogen-bond acceptors (Lipinski definition) is 5. The number of fused-ring (bicyclic) bond motifs is 1. The van der Waals surface area contributed by atoms with E-state index in [0.717, 1.165) is 40.1 Å². The van der Waals surface area contributed by atoms with Gasteiger partial charge in [-0.05, 0) is 41.5 Å². The average Bonchev–Trinajstić information content (AvgIpc) is 3.27. The summed E-state index contributed by atoms with van der Waals surface area (Å²) >= 11 is 14.2. The summed E-state index contributed by atoms with van der Waals surface area (Å²) in [4.78, 5) is 18.2. The normalized spacial score (nSPS) is 15.2. The molecule has 1 atom stereocenters. The Morgan fingerprint density at radius 1 is 0.973 bits per heavy atom. The quantitative estimate of drug-likeness (QED) is 0.236. The van der Waals surface area contributed by atoms with Gasteiger partial charge >= 0.3 is 0 Å². The maximum absolute atomic E-state index is 13.3. The highest BCUT2D eigenvalue weighted by atomic mass is 35.5. The Balaban J connectivity index is 1.25. The van der Waals surface area contributed by atoms with E-state index in [2.05, 4.69) is 11.0 Å². The van der Waals surface area contributed by atoms with Gasteiger partial charge in [-0.3, -0.25) is 9.69 Å². The van der Waals surface area contributed by atoms with Crippen LogP contribution in [0, 0.1) is 0 Å². The highest BCUT2D eigenvalue weighted by Gasteiger charge is 2.27. The number of halogens is 2. The van der Waals surface area contributed by atoms with E-state index >= 15 is 0 Å². The fourth-order valence-electron chi connectivity index (χ4n) is 4.58. The first-order chi connectivity index (χ1) is 18.0. The van der Waals surface area contributed by atoms with Crippen LogP contribution in [-0.2, 0) is 11.3 Å². The molecule has 0 bridgehead atoms. The molecule has 4 aromatic rings. The molecule has 1 fully saturated rings. The second kappa shape index (κ2) is 11.8. The van der Waals surface area contributed by atoms with E-state index in [4.69, 9.17) is 32.7 Å². The lowest BCUT2D eigenvalue weighted by atomic mass is 10.1. The largest absolute Gasteiger partial charge is 0.497 e. The fourth-order valence-corrected chi connectivity index (χ4v) is 6.28. The van der Waals surface area contributed by atoms with Gasteiger partial charge in [-0.15, -0.1) is 11.3 Å². The summed E-state index contributed by atoms with van der Waals surface area (Å²) in [6.07, 6.45) is -0.159. The molecule has 1 saturated heterocycles. The fraction of sp³-hybridized carbons (Fsp3) is 0.276. The van der Waals surface area contributed by atoms with Crippen LogP contribution in [0.3, 0.4) is 0 Å². The topological polar surface area (TPSA) is 42.0 Å². The van der Waals surface area contributed by atoms with Crippen LogP contribution < -0.4 is 4.74 Å². The molecule has 5 rings (SSSR count). The van der Waals surface area contributed by atoms with Crippen molar-refractivity contribution in [2.75, 3.05) is 39.8 Å². The summed E-state index contributed by atoms with van der Waals surface area (Å²) in [5.74, 6) is 0.803. The summed E-state index contributed by atoms with van der Waals surface area (Å²) in [5.41, 5.74) is 2.08. The summed E-state index contributed by atoms with van der Waals surface area (Å²) < 4.78 is 12.9. The monoisotopic (exact) mass is 554 g/mol. The zero-order chi connectivity index (χ0) is 25.8. The molecule has 37 heavy (non-hydrogen) atoms. The Morgan fingerprint density at radius 3 is 2.51 bits per heavy atom. The molecule has 3 aromatic carbocycles. The molecule has 1 aliphatic heterocycles. The van der Waals surface area contributed by atoms with Crippen molar-refractivity contribution < 1.29 is 14.3 Å². The van der Waals surface area contributed by atoms with Crippen molar-refractivity contribution in [2.24, 2.45) is 0 Å². The van der Waals surface area contributed by atoms with Crippen molar-refractivity contribution in [3.63, 3.8) is 0 Å². The van der Waals surface area contributed by atoms with Crippen LogP contribution in [0.4, 0.5) is 0 Å². The van der Waals surface area contributed by atoms with E-state index in [-0.39, 0.29) is 12.0 Å². The zero-order valence-corrected chi connectivity index (χ0v) is 22.9. The van der Waals surface area contributed by atoms with Crippen molar-refractivity contribution in [1.29, 1.82) is 0 Å². The lowest BCUT2D eigenvalue weighted by molar-refractivity contribution is 0.00339. The number of ether oxygens (including phenoxy) is 2. The Labute approximate surface area is 231 Å². The Bertz CT molecular complexity index is 1380. The predicted molar refractivity (Wildman–Crippen MR) is 151 cm³/mol. The van der Waals surface area contributed by atoms with E-state index in [1.807, 2.05) is 71.6 Å². The number of rotatable bonds is 8. The van der Waals surface area contributed by atoms with Gasteiger partial charge in [-0.25, -0.2) is 0 Å². The van der Waals surface area contributed by atoms with Crippen molar-refractivity contribution in [3.8, 4) is 5.75 Å². The Kier molecular flexibility index (Phi) is 8.33. The number of piperazine rings is 1. The molecule has 0 N–H and O–H groups in total. The number of carbonyl (C=O) groups excluding carboxylic acids is 1. The molecule has 1 aromatic heterocycles. The lowest BCUT2D eigenvalue weighted by Crippen LogP contribution is -2.49. The minimum absolute atomic E-state index is 0.00685. The molecule has 0 spiro atoms. The van der Waals surface area contributed by atoms with E-state index in [9.17, 15) is 4.79 Å². The lowest BCUT2D eigenvalue weighted by Gasteiger charge is -2.36. The van der Waals surface area contributed by atoms with Crippen molar-refractivity contribution in [1.82, 2.24) is 9.80 Å². The maximum atomic E-state index is 13.3. The van der Waals surface area contributed by atoms with Gasteiger partial charge < -0.3 is 14.4 Å². The van der Waals surface area contributed by atoms with Crippen LogP contribution in [0.5, 0.6) is 5.75 Å². The third kappa shape index (κ3) is 6.11. The van der Waals surface area contributed by atoms with Crippen LogP contribution in [0.25, 0.3) is 10.1 Å². The van der Waals surface area contributed by atoms with E-state index in [1.165, 1.54) is 11.3 Å². The molecule has 0 saturated carbocycles. The minimum atomic E-state index is -0.159. The third-order valence-electron chi connectivity index (χ3n) is 6.62. The zero-order valence-electron chi connectivity index (χ0n) is 20.5. The van der Waals surface area contributed by atoms with Crippen LogP contribution >= 0.6 is 34.5 Å². The Morgan fingerprint density at radius 2 is 1.76 bits per heavy atom. The summed E-state index contributed by atoms with van der Waals surface area (Å²) in [6.45, 7) is 3.96. The van der Waals surface area contributed by atoms with Gasteiger partial charge in [0.2, 0.25) is 0 Å². The standard InChI is InChI=1S/C29H28Cl2N2O3S/c1-35-23-9-5-7-21(17-23)25(36-19-20-6-4-8-22(30)16-20)18-32-12-14-33(15-13-32)29(34)28-27(31)24-10-2-3-11-26(24)37-28/h2-11,16-17,25H,12-15,18-19H2,1H3/t25-/m1/s1. The van der Waals surface area contributed by atoms with Crippen LogP contribution in [0.15, 0.2) is 72.8 Å². The maximum Gasteiger partial charge on any atom is 0.265 e.